The van der Waals surface area contributed by atoms with Crippen molar-refractivity contribution >= 4 is 28.7 Å². The summed E-state index contributed by atoms with van der Waals surface area (Å²) < 4.78 is 0. The summed E-state index contributed by atoms with van der Waals surface area (Å²) in [5, 5.41) is 25.7. The lowest BCUT2D eigenvalue weighted by Crippen LogP contribution is -2.13. The SMILES string of the molecule is CC(CNc1ccc([N+](=O)[O-])cc1C(=O)O)c1nccs1. The fourth-order valence-corrected chi connectivity index (χ4v) is 2.50. The van der Waals surface area contributed by atoms with Crippen molar-refractivity contribution in [1.82, 2.24) is 4.98 Å². The van der Waals surface area contributed by atoms with Gasteiger partial charge in [0.05, 0.1) is 15.5 Å². The first-order valence-corrected chi connectivity index (χ1v) is 7.02. The number of carbonyl (C=O) groups is 1. The Bertz CT molecular complexity index is 657. The largest absolute Gasteiger partial charge is 0.478 e. The second kappa shape index (κ2) is 6.31. The number of aromatic carboxylic acids is 1. The molecule has 0 amide bonds. The van der Waals surface area contributed by atoms with Crippen molar-refractivity contribution < 1.29 is 14.8 Å². The highest BCUT2D eigenvalue weighted by Gasteiger charge is 2.17. The molecule has 0 spiro atoms. The standard InChI is InChI=1S/C13H13N3O4S/c1-8(12-14-4-5-21-12)7-15-11-3-2-9(16(19)20)6-10(11)13(17)18/h2-6,8,15H,7H2,1H3,(H,17,18). The van der Waals surface area contributed by atoms with Crippen LogP contribution in [0.4, 0.5) is 11.4 Å². The molecule has 1 heterocycles. The van der Waals surface area contributed by atoms with Crippen molar-refractivity contribution in [2.24, 2.45) is 0 Å². The summed E-state index contributed by atoms with van der Waals surface area (Å²) in [6.45, 7) is 2.46. The summed E-state index contributed by atoms with van der Waals surface area (Å²) in [4.78, 5) is 25.5. The van der Waals surface area contributed by atoms with Crippen molar-refractivity contribution in [2.45, 2.75) is 12.8 Å². The number of carboxylic acid groups (broad SMARTS) is 1. The van der Waals surface area contributed by atoms with E-state index in [0.717, 1.165) is 11.1 Å². The van der Waals surface area contributed by atoms with E-state index in [1.807, 2.05) is 12.3 Å². The van der Waals surface area contributed by atoms with Crippen LogP contribution in [0.2, 0.25) is 0 Å². The number of hydrogen-bond donors (Lipinski definition) is 2. The van der Waals surface area contributed by atoms with Crippen molar-refractivity contribution in [3.8, 4) is 0 Å². The van der Waals surface area contributed by atoms with Crippen LogP contribution in [-0.4, -0.2) is 27.5 Å². The molecule has 1 atom stereocenters. The van der Waals surface area contributed by atoms with Gasteiger partial charge in [0, 0.05) is 41.9 Å². The first kappa shape index (κ1) is 14.9. The van der Waals surface area contributed by atoms with E-state index in [-0.39, 0.29) is 17.2 Å². The van der Waals surface area contributed by atoms with Crippen LogP contribution < -0.4 is 5.32 Å². The molecule has 0 aliphatic rings. The first-order valence-electron chi connectivity index (χ1n) is 6.14. The van der Waals surface area contributed by atoms with Crippen LogP contribution in [-0.2, 0) is 0 Å². The Balaban J connectivity index is 2.16. The van der Waals surface area contributed by atoms with Crippen LogP contribution in [0.25, 0.3) is 0 Å². The average Bonchev–Trinajstić information content (AvgIpc) is 2.98. The zero-order valence-electron chi connectivity index (χ0n) is 11.1. The number of thiazole rings is 1. The summed E-state index contributed by atoms with van der Waals surface area (Å²) in [6.07, 6.45) is 1.71. The van der Waals surface area contributed by atoms with Gasteiger partial charge in [0.1, 0.15) is 0 Å². The number of nitrogens with zero attached hydrogens (tertiary/aromatic N) is 2. The number of benzene rings is 1. The minimum atomic E-state index is -1.21. The van der Waals surface area contributed by atoms with E-state index in [9.17, 15) is 14.9 Å². The van der Waals surface area contributed by atoms with Gasteiger partial charge in [-0.2, -0.15) is 0 Å². The maximum atomic E-state index is 11.2. The number of rotatable bonds is 6. The van der Waals surface area contributed by atoms with Crippen LogP contribution in [0.5, 0.6) is 0 Å². The Morgan fingerprint density at radius 3 is 2.90 bits per heavy atom. The maximum Gasteiger partial charge on any atom is 0.338 e. The highest BCUT2D eigenvalue weighted by atomic mass is 32.1. The third-order valence-corrected chi connectivity index (χ3v) is 3.92. The number of nitro groups is 1. The van der Waals surface area contributed by atoms with Crippen LogP contribution in [0, 0.1) is 10.1 Å². The van der Waals surface area contributed by atoms with Gasteiger partial charge in [0.25, 0.3) is 5.69 Å². The Morgan fingerprint density at radius 1 is 1.57 bits per heavy atom. The molecule has 1 aromatic carbocycles. The fourth-order valence-electron chi connectivity index (χ4n) is 1.81. The average molecular weight is 307 g/mol. The molecule has 21 heavy (non-hydrogen) atoms. The molecule has 0 aliphatic heterocycles. The van der Waals surface area contributed by atoms with E-state index in [1.165, 1.54) is 23.5 Å². The summed E-state index contributed by atoms with van der Waals surface area (Å²) in [5.74, 6) is -1.09. The van der Waals surface area contributed by atoms with Gasteiger partial charge < -0.3 is 10.4 Å². The smallest absolute Gasteiger partial charge is 0.338 e. The number of anilines is 1. The van der Waals surface area contributed by atoms with Crippen LogP contribution in [0.15, 0.2) is 29.8 Å². The molecule has 2 N–H and O–H groups in total. The molecule has 2 rings (SSSR count). The second-order valence-corrected chi connectivity index (χ2v) is 5.37. The molecular formula is C13H13N3O4S. The third kappa shape index (κ3) is 3.54. The lowest BCUT2D eigenvalue weighted by Gasteiger charge is -2.13. The van der Waals surface area contributed by atoms with E-state index in [2.05, 4.69) is 10.3 Å². The maximum absolute atomic E-state index is 11.2. The minimum absolute atomic E-state index is 0.113. The van der Waals surface area contributed by atoms with Gasteiger partial charge in [0.2, 0.25) is 0 Å². The van der Waals surface area contributed by atoms with E-state index >= 15 is 0 Å². The number of carboxylic acids is 1. The highest BCUT2D eigenvalue weighted by molar-refractivity contribution is 7.09. The van der Waals surface area contributed by atoms with Gasteiger partial charge in [0.15, 0.2) is 0 Å². The van der Waals surface area contributed by atoms with E-state index in [1.54, 1.807) is 6.20 Å². The molecular weight excluding hydrogens is 294 g/mol. The molecule has 0 radical (unpaired) electrons. The molecule has 8 heteroatoms. The molecule has 0 bridgehead atoms. The van der Waals surface area contributed by atoms with Crippen molar-refractivity contribution in [3.63, 3.8) is 0 Å². The van der Waals surface area contributed by atoms with Gasteiger partial charge in [-0.3, -0.25) is 10.1 Å². The highest BCUT2D eigenvalue weighted by Crippen LogP contribution is 2.24. The van der Waals surface area contributed by atoms with Crippen molar-refractivity contribution in [1.29, 1.82) is 0 Å². The second-order valence-electron chi connectivity index (χ2n) is 4.44. The first-order chi connectivity index (χ1) is 9.99. The monoisotopic (exact) mass is 307 g/mol. The normalized spacial score (nSPS) is 11.9. The Kier molecular flexibility index (Phi) is 4.49. The molecule has 2 aromatic rings. The molecule has 0 aliphatic carbocycles. The Morgan fingerprint density at radius 2 is 2.33 bits per heavy atom. The number of nitrogens with one attached hydrogen (secondary N) is 1. The third-order valence-electron chi connectivity index (χ3n) is 2.92. The molecule has 110 valence electrons. The van der Waals surface area contributed by atoms with Crippen LogP contribution in [0.1, 0.15) is 28.2 Å². The molecule has 1 aromatic heterocycles. The molecule has 0 fully saturated rings. The van der Waals surface area contributed by atoms with E-state index in [0.29, 0.717) is 12.2 Å². The summed E-state index contributed by atoms with van der Waals surface area (Å²) in [7, 11) is 0. The zero-order chi connectivity index (χ0) is 15.4. The Labute approximate surface area is 124 Å². The van der Waals surface area contributed by atoms with Crippen LogP contribution >= 0.6 is 11.3 Å². The lowest BCUT2D eigenvalue weighted by atomic mass is 10.1. The number of non-ortho nitro benzene ring substituents is 1. The van der Waals surface area contributed by atoms with Crippen LogP contribution in [0.3, 0.4) is 0 Å². The Hall–Kier alpha value is -2.48. The molecule has 0 saturated heterocycles. The van der Waals surface area contributed by atoms with E-state index in [4.69, 9.17) is 5.11 Å². The lowest BCUT2D eigenvalue weighted by molar-refractivity contribution is -0.384. The summed E-state index contributed by atoms with van der Waals surface area (Å²) in [5.41, 5.74) is -0.00188. The zero-order valence-corrected chi connectivity index (χ0v) is 12.0. The number of nitro benzene ring substituents is 1. The molecule has 7 nitrogen and oxygen atoms in total. The topological polar surface area (TPSA) is 105 Å². The van der Waals surface area contributed by atoms with Gasteiger partial charge in [-0.15, -0.1) is 11.3 Å². The summed E-state index contributed by atoms with van der Waals surface area (Å²) >= 11 is 1.53. The van der Waals surface area contributed by atoms with E-state index < -0.39 is 10.9 Å². The predicted octanol–water partition coefficient (Wildman–Crippen LogP) is 2.97. The number of hydrogen-bond acceptors (Lipinski definition) is 6. The fraction of sp³-hybridized carbons (Fsp3) is 0.231. The molecule has 0 saturated carbocycles. The van der Waals surface area contributed by atoms with Crippen molar-refractivity contribution in [2.75, 3.05) is 11.9 Å². The van der Waals surface area contributed by atoms with Gasteiger partial charge >= 0.3 is 5.97 Å². The molecule has 1 unspecified atom stereocenters. The minimum Gasteiger partial charge on any atom is -0.478 e. The van der Waals surface area contributed by atoms with Gasteiger partial charge in [-0.25, -0.2) is 9.78 Å². The number of aromatic nitrogens is 1. The summed E-state index contributed by atoms with van der Waals surface area (Å²) in [6, 6.07) is 3.75. The quantitative estimate of drug-likeness (QED) is 0.628. The van der Waals surface area contributed by atoms with Crippen molar-refractivity contribution in [3.05, 3.63) is 50.5 Å². The van der Waals surface area contributed by atoms with Gasteiger partial charge in [-0.05, 0) is 6.07 Å². The predicted molar refractivity (Wildman–Crippen MR) is 79.1 cm³/mol. The van der Waals surface area contributed by atoms with Gasteiger partial charge in [-0.1, -0.05) is 6.92 Å².